The first-order valence-electron chi connectivity index (χ1n) is 6.83. The second-order valence-corrected chi connectivity index (χ2v) is 7.77. The van der Waals surface area contributed by atoms with E-state index in [1.807, 2.05) is 0 Å². The molecule has 5 nitrogen and oxygen atoms in total. The Hall–Kier alpha value is -2.04. The van der Waals surface area contributed by atoms with Crippen molar-refractivity contribution in [2.45, 2.75) is 6.18 Å². The van der Waals surface area contributed by atoms with E-state index in [0.29, 0.717) is 18.4 Å². The largest absolute Gasteiger partial charge is 0.454 e. The third-order valence-corrected chi connectivity index (χ3v) is 4.21. The summed E-state index contributed by atoms with van der Waals surface area (Å²) >= 11 is 11.3. The van der Waals surface area contributed by atoms with Gasteiger partial charge in [0.2, 0.25) is 10.0 Å². The molecule has 0 aliphatic heterocycles. The molecule has 0 saturated heterocycles. The Balaban J connectivity index is 2.36. The van der Waals surface area contributed by atoms with Crippen LogP contribution in [0.3, 0.4) is 0 Å². The van der Waals surface area contributed by atoms with Crippen molar-refractivity contribution < 1.29 is 35.5 Å². The molecule has 0 bridgehead atoms. The predicted molar refractivity (Wildman–Crippen MR) is 90.2 cm³/mol. The molecular formula is C15H9Cl2F4NO4S. The molecule has 0 heterocycles. The van der Waals surface area contributed by atoms with E-state index in [4.69, 9.17) is 27.9 Å². The Labute approximate surface area is 160 Å². The zero-order valence-electron chi connectivity index (χ0n) is 13.2. The van der Waals surface area contributed by atoms with Gasteiger partial charge in [-0.3, -0.25) is 4.79 Å². The minimum atomic E-state index is -4.75. The fourth-order valence-corrected chi connectivity index (χ4v) is 2.83. The van der Waals surface area contributed by atoms with Crippen LogP contribution in [-0.2, 0) is 16.2 Å². The number of nitrogens with one attached hydrogen (secondary N) is 1. The maximum atomic E-state index is 14.2. The van der Waals surface area contributed by atoms with Crippen LogP contribution in [0.25, 0.3) is 0 Å². The minimum absolute atomic E-state index is 0.377. The van der Waals surface area contributed by atoms with Crippen LogP contribution in [0.2, 0.25) is 10.0 Å². The molecule has 27 heavy (non-hydrogen) atoms. The van der Waals surface area contributed by atoms with Gasteiger partial charge in [0, 0.05) is 6.07 Å². The highest BCUT2D eigenvalue weighted by Crippen LogP contribution is 2.38. The molecule has 12 heteroatoms. The van der Waals surface area contributed by atoms with Gasteiger partial charge in [-0.05, 0) is 24.3 Å². The number of benzene rings is 2. The van der Waals surface area contributed by atoms with Crippen LogP contribution < -0.4 is 9.46 Å². The van der Waals surface area contributed by atoms with Gasteiger partial charge in [-0.1, -0.05) is 23.2 Å². The number of carbonyl (C=O) groups excluding carboxylic acids is 1. The highest BCUT2D eigenvalue weighted by molar-refractivity contribution is 7.89. The fourth-order valence-electron chi connectivity index (χ4n) is 1.92. The SMILES string of the molecule is CS(=O)(=O)NC(=O)c1cc(F)c(Oc2ccc(Cl)c(C(F)(F)F)c2)cc1Cl. The smallest absolute Gasteiger partial charge is 0.417 e. The number of alkyl halides is 3. The third kappa shape index (κ3) is 5.47. The monoisotopic (exact) mass is 445 g/mol. The highest BCUT2D eigenvalue weighted by Gasteiger charge is 2.33. The second-order valence-electron chi connectivity index (χ2n) is 5.21. The van der Waals surface area contributed by atoms with Gasteiger partial charge in [0.25, 0.3) is 5.91 Å². The van der Waals surface area contributed by atoms with E-state index in [2.05, 4.69) is 0 Å². The van der Waals surface area contributed by atoms with Gasteiger partial charge in [0.05, 0.1) is 27.4 Å². The molecule has 0 spiro atoms. The van der Waals surface area contributed by atoms with E-state index >= 15 is 0 Å². The summed E-state index contributed by atoms with van der Waals surface area (Å²) < 4.78 is 81.5. The molecule has 2 rings (SSSR count). The number of halogens is 6. The average Bonchev–Trinajstić information content (AvgIpc) is 2.49. The van der Waals surface area contributed by atoms with E-state index in [1.165, 1.54) is 0 Å². The first-order chi connectivity index (χ1) is 12.3. The fraction of sp³-hybridized carbons (Fsp3) is 0.133. The van der Waals surface area contributed by atoms with Gasteiger partial charge in [-0.2, -0.15) is 13.2 Å². The number of rotatable bonds is 4. The standard InChI is InChI=1S/C15H9Cl2F4NO4S/c1-27(24,25)22-14(23)8-5-12(18)13(6-11(8)17)26-7-2-3-10(16)9(4-7)15(19,20)21/h2-6H,1H3,(H,22,23). The van der Waals surface area contributed by atoms with E-state index in [-0.39, 0.29) is 10.8 Å². The van der Waals surface area contributed by atoms with Crippen molar-refractivity contribution in [2.75, 3.05) is 6.26 Å². The summed E-state index contributed by atoms with van der Waals surface area (Å²) in [6, 6.07) is 4.00. The van der Waals surface area contributed by atoms with E-state index in [9.17, 15) is 30.8 Å². The van der Waals surface area contributed by atoms with Crippen molar-refractivity contribution in [1.29, 1.82) is 0 Å². The molecule has 0 aromatic heterocycles. The first-order valence-corrected chi connectivity index (χ1v) is 9.48. The summed E-state index contributed by atoms with van der Waals surface area (Å²) in [6.45, 7) is 0. The quantitative estimate of drug-likeness (QED) is 0.696. The lowest BCUT2D eigenvalue weighted by Crippen LogP contribution is -2.29. The maximum Gasteiger partial charge on any atom is 0.417 e. The molecule has 0 aliphatic rings. The lowest BCUT2D eigenvalue weighted by Gasteiger charge is -2.13. The van der Waals surface area contributed by atoms with Crippen LogP contribution in [0, 0.1) is 5.82 Å². The van der Waals surface area contributed by atoms with Crippen molar-refractivity contribution in [1.82, 2.24) is 4.72 Å². The predicted octanol–water partition coefficient (Wildman–Crippen LogP) is 4.63. The first kappa shape index (κ1) is 21.3. The highest BCUT2D eigenvalue weighted by atomic mass is 35.5. The molecule has 0 fully saturated rings. The third-order valence-electron chi connectivity index (χ3n) is 3.02. The van der Waals surface area contributed by atoms with Gasteiger partial charge in [-0.15, -0.1) is 0 Å². The summed E-state index contributed by atoms with van der Waals surface area (Å²) in [5, 5.41) is -0.946. The number of hydrogen-bond donors (Lipinski definition) is 1. The Morgan fingerprint density at radius 3 is 2.30 bits per heavy atom. The van der Waals surface area contributed by atoms with Gasteiger partial charge in [0.1, 0.15) is 5.75 Å². The maximum absolute atomic E-state index is 14.2. The molecule has 0 unspecified atom stereocenters. The van der Waals surface area contributed by atoms with Crippen molar-refractivity contribution >= 4 is 39.1 Å². The molecule has 2 aromatic rings. The van der Waals surface area contributed by atoms with Crippen LogP contribution in [0.1, 0.15) is 15.9 Å². The average molecular weight is 446 g/mol. The van der Waals surface area contributed by atoms with Crippen LogP contribution >= 0.6 is 23.2 Å². The molecule has 0 radical (unpaired) electrons. The summed E-state index contributed by atoms with van der Waals surface area (Å²) in [5.41, 5.74) is -1.68. The van der Waals surface area contributed by atoms with Crippen LogP contribution in [-0.4, -0.2) is 20.6 Å². The topological polar surface area (TPSA) is 72.5 Å². The second kappa shape index (κ2) is 7.53. The molecule has 2 aromatic carbocycles. The number of ether oxygens (including phenoxy) is 1. The van der Waals surface area contributed by atoms with Crippen molar-refractivity contribution in [3.63, 3.8) is 0 Å². The Morgan fingerprint density at radius 2 is 1.74 bits per heavy atom. The molecule has 1 N–H and O–H groups in total. The molecule has 0 saturated carbocycles. The normalized spacial score (nSPS) is 12.0. The zero-order chi connectivity index (χ0) is 20.6. The van der Waals surface area contributed by atoms with Crippen LogP contribution in [0.5, 0.6) is 11.5 Å². The van der Waals surface area contributed by atoms with Crippen LogP contribution in [0.4, 0.5) is 17.6 Å². The van der Waals surface area contributed by atoms with E-state index in [1.54, 1.807) is 4.72 Å². The van der Waals surface area contributed by atoms with Crippen molar-refractivity contribution in [3.05, 3.63) is 57.3 Å². The van der Waals surface area contributed by atoms with Gasteiger partial charge < -0.3 is 4.74 Å². The molecule has 146 valence electrons. The zero-order valence-corrected chi connectivity index (χ0v) is 15.5. The van der Waals surface area contributed by atoms with Gasteiger partial charge in [0.15, 0.2) is 11.6 Å². The van der Waals surface area contributed by atoms with Crippen molar-refractivity contribution in [3.8, 4) is 11.5 Å². The number of hydrogen-bond acceptors (Lipinski definition) is 4. The van der Waals surface area contributed by atoms with Crippen LogP contribution in [0.15, 0.2) is 30.3 Å². The van der Waals surface area contributed by atoms with Gasteiger partial charge in [-0.25, -0.2) is 17.5 Å². The lowest BCUT2D eigenvalue weighted by atomic mass is 10.2. The number of amides is 1. The molecule has 1 amide bonds. The lowest BCUT2D eigenvalue weighted by molar-refractivity contribution is -0.137. The Bertz CT molecular complexity index is 1010. The van der Waals surface area contributed by atoms with E-state index < -0.39 is 49.8 Å². The summed E-state index contributed by atoms with van der Waals surface area (Å²) in [5.74, 6) is -3.29. The number of carbonyl (C=O) groups is 1. The minimum Gasteiger partial charge on any atom is -0.454 e. The summed E-state index contributed by atoms with van der Waals surface area (Å²) in [6.07, 6.45) is -4.04. The van der Waals surface area contributed by atoms with E-state index in [0.717, 1.165) is 18.2 Å². The summed E-state index contributed by atoms with van der Waals surface area (Å²) in [4.78, 5) is 11.8. The molecule has 0 atom stereocenters. The molecular weight excluding hydrogens is 437 g/mol. The Kier molecular flexibility index (Phi) is 5.93. The van der Waals surface area contributed by atoms with Crippen molar-refractivity contribution in [2.24, 2.45) is 0 Å². The molecule has 0 aliphatic carbocycles. The van der Waals surface area contributed by atoms with Gasteiger partial charge >= 0.3 is 6.18 Å². The number of sulfonamides is 1. The summed E-state index contributed by atoms with van der Waals surface area (Å²) in [7, 11) is -3.91. The Morgan fingerprint density at radius 1 is 1.11 bits per heavy atom.